The largest absolute Gasteiger partial charge is 0.462 e. The van der Waals surface area contributed by atoms with Crippen LogP contribution in [0, 0.1) is 0 Å². The number of benzene rings is 1. The van der Waals surface area contributed by atoms with Crippen molar-refractivity contribution in [3.8, 4) is 0 Å². The number of H-pyrrole nitrogens is 1. The smallest absolute Gasteiger partial charge is 0.421 e. The van der Waals surface area contributed by atoms with Gasteiger partial charge in [0.25, 0.3) is 0 Å². The van der Waals surface area contributed by atoms with Gasteiger partial charge in [-0.25, -0.2) is 14.4 Å². The molecular formula is C17H16N2O6. The number of carbonyl (C=O) groups is 3. The molecule has 1 atom stereocenters. The summed E-state index contributed by atoms with van der Waals surface area (Å²) in [7, 11) is 0. The molecule has 2 heterocycles. The van der Waals surface area contributed by atoms with Crippen molar-refractivity contribution >= 4 is 28.8 Å². The molecule has 1 aromatic heterocycles. The van der Waals surface area contributed by atoms with Gasteiger partial charge in [0, 0.05) is 23.4 Å². The van der Waals surface area contributed by atoms with E-state index in [-0.39, 0.29) is 19.1 Å². The standard InChI is InChI=1S/C17H16N2O6/c1-2-23-14(20)8-3-4-12-10(5-8)11-6-9(18)7-17(13(11)19-12)24-15(21)16(22)25-17/h3-5,9,19H,2,6-7,18H2,1H3. The van der Waals surface area contributed by atoms with Crippen LogP contribution in [0.15, 0.2) is 18.2 Å². The Hall–Kier alpha value is -2.87. The summed E-state index contributed by atoms with van der Waals surface area (Å²) in [6.07, 6.45) is 0.674. The van der Waals surface area contributed by atoms with Gasteiger partial charge in [0.15, 0.2) is 0 Å². The van der Waals surface area contributed by atoms with Crippen LogP contribution < -0.4 is 5.73 Å². The molecule has 3 N–H and O–H groups in total. The number of nitrogens with two attached hydrogens (primary N) is 1. The quantitative estimate of drug-likeness (QED) is 0.612. The molecule has 0 amide bonds. The maximum absolute atomic E-state index is 12.0. The topological polar surface area (TPSA) is 121 Å². The third-order valence-electron chi connectivity index (χ3n) is 4.48. The van der Waals surface area contributed by atoms with E-state index in [2.05, 4.69) is 4.98 Å². The fraction of sp³-hybridized carbons (Fsp3) is 0.353. The van der Waals surface area contributed by atoms with E-state index in [1.165, 1.54) is 0 Å². The lowest BCUT2D eigenvalue weighted by atomic mass is 9.87. The second-order valence-corrected chi connectivity index (χ2v) is 6.16. The molecule has 1 spiro atoms. The zero-order chi connectivity index (χ0) is 17.8. The number of esters is 3. The molecule has 2 aliphatic rings. The first-order valence-corrected chi connectivity index (χ1v) is 7.97. The van der Waals surface area contributed by atoms with E-state index in [0.29, 0.717) is 17.7 Å². The van der Waals surface area contributed by atoms with Crippen molar-refractivity contribution in [2.24, 2.45) is 5.73 Å². The molecular weight excluding hydrogens is 328 g/mol. The summed E-state index contributed by atoms with van der Waals surface area (Å²) in [5, 5.41) is 0.758. The fourth-order valence-corrected chi connectivity index (χ4v) is 3.50. The van der Waals surface area contributed by atoms with E-state index < -0.39 is 23.7 Å². The molecule has 1 unspecified atom stereocenters. The van der Waals surface area contributed by atoms with Crippen molar-refractivity contribution in [1.82, 2.24) is 4.98 Å². The van der Waals surface area contributed by atoms with Crippen LogP contribution in [0.5, 0.6) is 0 Å². The summed E-state index contributed by atoms with van der Waals surface area (Å²) in [4.78, 5) is 38.3. The summed E-state index contributed by atoms with van der Waals surface area (Å²) in [5.41, 5.74) is 8.49. The Labute approximate surface area is 142 Å². The highest BCUT2D eigenvalue weighted by molar-refractivity contribution is 6.31. The van der Waals surface area contributed by atoms with E-state index in [1.807, 2.05) is 0 Å². The van der Waals surface area contributed by atoms with E-state index in [0.717, 1.165) is 16.5 Å². The highest BCUT2D eigenvalue weighted by atomic mass is 16.8. The molecule has 1 saturated heterocycles. The number of fused-ring (bicyclic) bond motifs is 4. The van der Waals surface area contributed by atoms with Gasteiger partial charge in [0.1, 0.15) is 5.69 Å². The van der Waals surface area contributed by atoms with Crippen LogP contribution in [0.2, 0.25) is 0 Å². The minimum Gasteiger partial charge on any atom is -0.462 e. The fourth-order valence-electron chi connectivity index (χ4n) is 3.50. The molecule has 0 bridgehead atoms. The number of rotatable bonds is 2. The highest BCUT2D eigenvalue weighted by Gasteiger charge is 2.55. The van der Waals surface area contributed by atoms with E-state index >= 15 is 0 Å². The average molecular weight is 344 g/mol. The van der Waals surface area contributed by atoms with E-state index in [1.54, 1.807) is 25.1 Å². The minimum atomic E-state index is -1.52. The lowest BCUT2D eigenvalue weighted by molar-refractivity contribution is -0.192. The van der Waals surface area contributed by atoms with E-state index in [4.69, 9.17) is 19.9 Å². The Bertz CT molecular complexity index is 899. The van der Waals surface area contributed by atoms with Gasteiger partial charge in [-0.05, 0) is 37.1 Å². The van der Waals surface area contributed by atoms with Crippen molar-refractivity contribution < 1.29 is 28.6 Å². The van der Waals surface area contributed by atoms with Crippen LogP contribution in [-0.2, 0) is 36.0 Å². The number of hydrogen-bond acceptors (Lipinski definition) is 7. The Kier molecular flexibility index (Phi) is 3.33. The SMILES string of the molecule is CCOC(=O)c1ccc2[nH]c3c(c2c1)CC(N)CC31OC(=O)C(=O)O1. The molecule has 0 radical (unpaired) electrons. The van der Waals surface area contributed by atoms with Crippen LogP contribution in [0.25, 0.3) is 10.9 Å². The normalized spacial score (nSPS) is 21.1. The second-order valence-electron chi connectivity index (χ2n) is 6.16. The Morgan fingerprint density at radius 1 is 1.36 bits per heavy atom. The van der Waals surface area contributed by atoms with Crippen LogP contribution in [0.1, 0.15) is 35.0 Å². The summed E-state index contributed by atoms with van der Waals surface area (Å²) in [6, 6.07) is 4.71. The van der Waals surface area contributed by atoms with Crippen molar-refractivity contribution in [1.29, 1.82) is 0 Å². The van der Waals surface area contributed by atoms with Crippen molar-refractivity contribution in [2.45, 2.75) is 31.6 Å². The minimum absolute atomic E-state index is 0.176. The Balaban J connectivity index is 1.87. The molecule has 1 aliphatic carbocycles. The molecule has 8 heteroatoms. The highest BCUT2D eigenvalue weighted by Crippen LogP contribution is 2.44. The molecule has 1 aliphatic heterocycles. The first-order chi connectivity index (χ1) is 11.9. The van der Waals surface area contributed by atoms with Gasteiger partial charge in [0.2, 0.25) is 0 Å². The molecule has 0 saturated carbocycles. The third kappa shape index (κ3) is 2.29. The predicted octanol–water partition coefficient (Wildman–Crippen LogP) is 0.871. The van der Waals surface area contributed by atoms with Crippen molar-refractivity contribution in [3.05, 3.63) is 35.0 Å². The summed E-state index contributed by atoms with van der Waals surface area (Å²) < 4.78 is 15.5. The molecule has 8 nitrogen and oxygen atoms in total. The number of aromatic nitrogens is 1. The molecule has 4 rings (SSSR count). The second kappa shape index (κ2) is 5.32. The van der Waals surface area contributed by atoms with Gasteiger partial charge in [-0.15, -0.1) is 0 Å². The van der Waals surface area contributed by atoms with Gasteiger partial charge in [0.05, 0.1) is 12.2 Å². The molecule has 2 aromatic rings. The van der Waals surface area contributed by atoms with Gasteiger partial charge in [-0.2, -0.15) is 0 Å². The Morgan fingerprint density at radius 2 is 2.08 bits per heavy atom. The van der Waals surface area contributed by atoms with E-state index in [9.17, 15) is 14.4 Å². The molecule has 25 heavy (non-hydrogen) atoms. The zero-order valence-corrected chi connectivity index (χ0v) is 13.5. The summed E-state index contributed by atoms with van der Waals surface area (Å²) in [5.74, 6) is -4.02. The third-order valence-corrected chi connectivity index (χ3v) is 4.48. The average Bonchev–Trinajstić information content (AvgIpc) is 3.06. The maximum atomic E-state index is 12.0. The van der Waals surface area contributed by atoms with Crippen LogP contribution in [0.4, 0.5) is 0 Å². The number of nitrogens with one attached hydrogen (secondary N) is 1. The van der Waals surface area contributed by atoms with Crippen molar-refractivity contribution in [3.63, 3.8) is 0 Å². The summed E-state index contributed by atoms with van der Waals surface area (Å²) in [6.45, 7) is 2.02. The molecule has 1 aromatic carbocycles. The first-order valence-electron chi connectivity index (χ1n) is 7.97. The maximum Gasteiger partial charge on any atom is 0.421 e. The number of ether oxygens (including phenoxy) is 3. The lowest BCUT2D eigenvalue weighted by Crippen LogP contribution is -2.42. The van der Waals surface area contributed by atoms with Crippen LogP contribution >= 0.6 is 0 Å². The van der Waals surface area contributed by atoms with Gasteiger partial charge in [-0.3, -0.25) is 0 Å². The van der Waals surface area contributed by atoms with Crippen LogP contribution in [-0.4, -0.2) is 35.5 Å². The first kappa shape index (κ1) is 15.6. The van der Waals surface area contributed by atoms with Gasteiger partial charge >= 0.3 is 23.7 Å². The Morgan fingerprint density at radius 3 is 2.76 bits per heavy atom. The summed E-state index contributed by atoms with van der Waals surface area (Å²) >= 11 is 0. The zero-order valence-electron chi connectivity index (χ0n) is 13.5. The molecule has 130 valence electrons. The monoisotopic (exact) mass is 344 g/mol. The van der Waals surface area contributed by atoms with Gasteiger partial charge in [-0.1, -0.05) is 0 Å². The number of aromatic amines is 1. The van der Waals surface area contributed by atoms with Crippen molar-refractivity contribution in [2.75, 3.05) is 6.61 Å². The molecule has 1 fully saturated rings. The number of hydrogen-bond donors (Lipinski definition) is 2. The lowest BCUT2D eigenvalue weighted by Gasteiger charge is -2.32. The number of carbonyl (C=O) groups excluding carboxylic acids is 3. The van der Waals surface area contributed by atoms with Crippen LogP contribution in [0.3, 0.4) is 0 Å². The predicted molar refractivity (Wildman–Crippen MR) is 84.4 cm³/mol. The van der Waals surface area contributed by atoms with Gasteiger partial charge < -0.3 is 24.9 Å².